The number of hydrogen-bond donors (Lipinski definition) is 2. The number of aliphatic hydroxyl groups excluding tert-OH is 1. The molecule has 2 atom stereocenters. The van der Waals surface area contributed by atoms with Crippen LogP contribution in [0.1, 0.15) is 79.7 Å². The summed E-state index contributed by atoms with van der Waals surface area (Å²) in [4.78, 5) is 33.6. The predicted molar refractivity (Wildman–Crippen MR) is 229 cm³/mol. The number of nitrogens with one attached hydrogen (secondary N) is 1. The molecule has 0 saturated carbocycles. The van der Waals surface area contributed by atoms with Gasteiger partial charge >= 0.3 is 24.5 Å². The molecular weight excluding hydrogens is 981 g/mol. The van der Waals surface area contributed by atoms with Gasteiger partial charge in [-0.25, -0.2) is 0 Å². The number of aliphatic hydroxyl groups is 1. The number of carbonyl (C=O) groups is 2. The number of nitro groups is 1. The molecule has 0 fully saturated rings. The number of benzene rings is 4. The van der Waals surface area contributed by atoms with E-state index in [1.54, 1.807) is 0 Å². The molecule has 63 heavy (non-hydrogen) atoms. The highest BCUT2D eigenvalue weighted by Gasteiger charge is 2.46. The fourth-order valence-electron chi connectivity index (χ4n) is 6.79. The Labute approximate surface area is 377 Å². The van der Waals surface area contributed by atoms with E-state index in [1.807, 2.05) is 0 Å². The summed E-state index contributed by atoms with van der Waals surface area (Å²) >= 11 is 11.2. The van der Waals surface area contributed by atoms with Gasteiger partial charge in [0.15, 0.2) is 4.84 Å². The number of halogens is 12. The molecule has 0 bridgehead atoms. The van der Waals surface area contributed by atoms with Crippen LogP contribution < -0.4 is 21.2 Å². The summed E-state index contributed by atoms with van der Waals surface area (Å²) in [7, 11) is -3.13. The molecular formula is C42H42BrCl2F9N2O6P+. The van der Waals surface area contributed by atoms with Crippen molar-refractivity contribution in [1.29, 1.82) is 0 Å². The van der Waals surface area contributed by atoms with E-state index >= 15 is 0 Å². The van der Waals surface area contributed by atoms with Crippen LogP contribution in [-0.4, -0.2) is 45.6 Å². The molecule has 4 rings (SSSR count). The summed E-state index contributed by atoms with van der Waals surface area (Å²) in [5.41, 5.74) is -2.94. The Bertz CT molecular complexity index is 1950. The van der Waals surface area contributed by atoms with Crippen molar-refractivity contribution in [2.75, 3.05) is 12.8 Å². The third-order valence-electron chi connectivity index (χ3n) is 10.1. The Morgan fingerprint density at radius 2 is 1.03 bits per heavy atom. The molecule has 0 spiro atoms. The fraction of sp³-hybridized carbons (Fsp3) is 0.381. The zero-order valence-electron chi connectivity index (χ0n) is 33.0. The number of unbranched alkanes of at least 4 members (excludes halogenated alkanes) is 6. The molecule has 1 amide bonds. The van der Waals surface area contributed by atoms with E-state index < -0.39 is 82.9 Å². The van der Waals surface area contributed by atoms with Crippen molar-refractivity contribution in [2.45, 2.75) is 86.9 Å². The molecule has 0 saturated heterocycles. The Kier molecular flexibility index (Phi) is 19.7. The van der Waals surface area contributed by atoms with Gasteiger partial charge in [-0.2, -0.15) is 39.5 Å². The smallest absolute Gasteiger partial charge is 0.416 e. The van der Waals surface area contributed by atoms with Crippen molar-refractivity contribution in [1.82, 2.24) is 5.32 Å². The van der Waals surface area contributed by atoms with Crippen LogP contribution in [0.4, 0.5) is 45.2 Å². The average molecular weight is 1020 g/mol. The van der Waals surface area contributed by atoms with Crippen LogP contribution in [0.15, 0.2) is 97.1 Å². The molecule has 0 aliphatic carbocycles. The molecule has 0 aliphatic rings. The van der Waals surface area contributed by atoms with E-state index in [0.29, 0.717) is 60.9 Å². The summed E-state index contributed by atoms with van der Waals surface area (Å²) in [5.74, 6) is -1.51. The minimum atomic E-state index is -4.69. The molecule has 4 aromatic carbocycles. The number of nitro benzene ring substituents is 1. The summed E-state index contributed by atoms with van der Waals surface area (Å²) in [6.07, 6.45) is -11.3. The number of nitrogens with zero attached hydrogens (tertiary/aromatic N) is 1. The number of ether oxygens (including phenoxy) is 1. The molecule has 0 aromatic heterocycles. The van der Waals surface area contributed by atoms with E-state index in [-0.39, 0.29) is 40.8 Å². The third-order valence-corrected chi connectivity index (χ3v) is 15.0. The van der Waals surface area contributed by atoms with Crippen LogP contribution in [0.25, 0.3) is 0 Å². The molecule has 0 radical (unpaired) electrons. The first-order valence-electron chi connectivity index (χ1n) is 19.1. The van der Waals surface area contributed by atoms with Gasteiger partial charge < -0.3 is 15.2 Å². The maximum absolute atomic E-state index is 13.6. The number of rotatable bonds is 20. The van der Waals surface area contributed by atoms with Crippen LogP contribution in [0.5, 0.6) is 0 Å². The van der Waals surface area contributed by atoms with Crippen molar-refractivity contribution >= 4 is 80.9 Å². The van der Waals surface area contributed by atoms with Gasteiger partial charge in [0, 0.05) is 18.6 Å². The lowest BCUT2D eigenvalue weighted by Gasteiger charge is -2.28. The van der Waals surface area contributed by atoms with Gasteiger partial charge in [0.05, 0.1) is 33.8 Å². The largest absolute Gasteiger partial charge is 0.463 e. The average Bonchev–Trinajstić information content (AvgIpc) is 3.22. The number of amides is 1. The number of non-ortho nitro benzene ring substituents is 1. The predicted octanol–water partition coefficient (Wildman–Crippen LogP) is 11.2. The van der Waals surface area contributed by atoms with Crippen LogP contribution >= 0.6 is 47.4 Å². The number of hydrogen-bond acceptors (Lipinski definition) is 6. The van der Waals surface area contributed by atoms with Crippen LogP contribution in [-0.2, 0) is 32.9 Å². The van der Waals surface area contributed by atoms with E-state index in [0.717, 1.165) is 48.5 Å². The summed E-state index contributed by atoms with van der Waals surface area (Å²) < 4.78 is 127. The summed E-state index contributed by atoms with van der Waals surface area (Å²) in [6.45, 7) is -0.473. The monoisotopic (exact) mass is 1020 g/mol. The van der Waals surface area contributed by atoms with Crippen molar-refractivity contribution in [3.63, 3.8) is 0 Å². The number of alkyl halides is 11. The van der Waals surface area contributed by atoms with Gasteiger partial charge in [0.1, 0.15) is 35.9 Å². The first-order valence-corrected chi connectivity index (χ1v) is 22.0. The third kappa shape index (κ3) is 15.1. The first kappa shape index (κ1) is 53.4. The van der Waals surface area contributed by atoms with Gasteiger partial charge in [-0.3, -0.25) is 19.7 Å². The van der Waals surface area contributed by atoms with Crippen molar-refractivity contribution in [2.24, 2.45) is 0 Å². The SMILES string of the molecule is Br.O=C(CCCCCCCCC[P+](c1ccc(C(F)(F)F)cc1)(c1ccc(C(F)(F)F)cc1)c1ccc(C(F)(F)F)cc1)OC[C@H](NC(=O)C(Cl)Cl)[C@H](O)c1ccc([N+](=O)[O-])cc1. The van der Waals surface area contributed by atoms with Crippen LogP contribution in [0, 0.1) is 10.1 Å². The molecule has 0 aliphatic heterocycles. The lowest BCUT2D eigenvalue weighted by molar-refractivity contribution is -0.384. The molecule has 2 N–H and O–H groups in total. The maximum atomic E-state index is 13.6. The van der Waals surface area contributed by atoms with Gasteiger partial charge in [0.25, 0.3) is 11.6 Å². The second-order valence-corrected chi connectivity index (χ2v) is 19.0. The molecule has 0 unspecified atom stereocenters. The first-order chi connectivity index (χ1) is 29.0. The van der Waals surface area contributed by atoms with Gasteiger partial charge in [-0.15, -0.1) is 17.0 Å². The summed E-state index contributed by atoms with van der Waals surface area (Å²) in [5, 5.41) is 25.3. The Hall–Kier alpha value is -3.96. The van der Waals surface area contributed by atoms with E-state index in [4.69, 9.17) is 27.9 Å². The highest BCUT2D eigenvalue weighted by Crippen LogP contribution is 2.57. The molecule has 0 heterocycles. The highest BCUT2D eigenvalue weighted by atomic mass is 79.9. The van der Waals surface area contributed by atoms with Crippen LogP contribution in [0.2, 0.25) is 0 Å². The van der Waals surface area contributed by atoms with Crippen molar-refractivity contribution < 1.29 is 63.9 Å². The van der Waals surface area contributed by atoms with E-state index in [2.05, 4.69) is 5.32 Å². The lowest BCUT2D eigenvalue weighted by Crippen LogP contribution is -2.45. The van der Waals surface area contributed by atoms with Gasteiger partial charge in [0.2, 0.25) is 0 Å². The van der Waals surface area contributed by atoms with Crippen molar-refractivity contribution in [3.05, 3.63) is 129 Å². The lowest BCUT2D eigenvalue weighted by atomic mass is 10.0. The van der Waals surface area contributed by atoms with E-state index in [9.17, 15) is 64.3 Å². The molecule has 8 nitrogen and oxygen atoms in total. The van der Waals surface area contributed by atoms with Gasteiger partial charge in [-0.05, 0) is 110 Å². The molecule has 4 aromatic rings. The van der Waals surface area contributed by atoms with Crippen LogP contribution in [0.3, 0.4) is 0 Å². The van der Waals surface area contributed by atoms with E-state index in [1.165, 1.54) is 48.5 Å². The Balaban J connectivity index is 0.0000106. The minimum Gasteiger partial charge on any atom is -0.463 e. The van der Waals surface area contributed by atoms with Gasteiger partial charge in [-0.1, -0.05) is 48.9 Å². The number of carbonyl (C=O) groups excluding carboxylic acids is 2. The minimum absolute atomic E-state index is 0. The Morgan fingerprint density at radius 1 is 0.651 bits per heavy atom. The zero-order chi connectivity index (χ0) is 45.9. The number of esters is 1. The zero-order valence-corrected chi connectivity index (χ0v) is 37.1. The standard InChI is InChI=1S/C42H40Cl2F9N2O6P.BrH/c43-38(44)39(58)54-35(37(57)27-9-17-31(18-10-27)55(59)60)26-61-36(56)8-6-4-2-1-3-5-7-25-62(32-19-11-28(12-20-32)40(45,46)47,33-21-13-29(14-22-33)41(48,49)50)34-23-15-30(16-24-34)42(51,52)53;/h9-24,35,37-38,57H,1-8,25-26H2;1H/p+1/t35-,37+;/m0./s1. The van der Waals surface area contributed by atoms with Crippen molar-refractivity contribution in [3.8, 4) is 0 Å². The molecule has 21 heteroatoms. The normalized spacial score (nSPS) is 13.2. The molecule has 344 valence electrons. The second-order valence-electron chi connectivity index (χ2n) is 14.3. The fourth-order valence-corrected chi connectivity index (χ4v) is 11.3. The summed E-state index contributed by atoms with van der Waals surface area (Å²) in [6, 6.07) is 16.2. The second kappa shape index (κ2) is 23.3. The highest BCUT2D eigenvalue weighted by molar-refractivity contribution is 8.93. The quantitative estimate of drug-likeness (QED) is 0.0173. The maximum Gasteiger partial charge on any atom is 0.416 e. The Morgan fingerprint density at radius 3 is 1.40 bits per heavy atom. The topological polar surface area (TPSA) is 119 Å².